The number of pyridine rings is 1. The van der Waals surface area contributed by atoms with Crippen molar-refractivity contribution in [2.75, 3.05) is 31.1 Å². The highest BCUT2D eigenvalue weighted by molar-refractivity contribution is 6.05. The molecular formula is C25H31N5O5. The molecule has 0 aliphatic carbocycles. The number of piperidine rings is 1. The van der Waals surface area contributed by atoms with Gasteiger partial charge in [-0.25, -0.2) is 14.6 Å². The van der Waals surface area contributed by atoms with E-state index in [-0.39, 0.29) is 37.0 Å². The number of imidazole rings is 1. The molecule has 0 radical (unpaired) electrons. The highest BCUT2D eigenvalue weighted by Gasteiger charge is 2.31. The first-order valence-electron chi connectivity index (χ1n) is 11.8. The maximum Gasteiger partial charge on any atom is 0.410 e. The first-order chi connectivity index (χ1) is 16.6. The molecule has 35 heavy (non-hydrogen) atoms. The van der Waals surface area contributed by atoms with Gasteiger partial charge < -0.3 is 14.4 Å². The van der Waals surface area contributed by atoms with Crippen molar-refractivity contribution in [3.05, 3.63) is 30.1 Å². The highest BCUT2D eigenvalue weighted by Crippen LogP contribution is 2.22. The molecule has 2 aromatic heterocycles. The van der Waals surface area contributed by atoms with Crippen molar-refractivity contribution in [3.8, 4) is 11.8 Å². The molecule has 4 rings (SSSR count). The van der Waals surface area contributed by atoms with Gasteiger partial charge >= 0.3 is 12.1 Å². The Morgan fingerprint density at radius 1 is 1.29 bits per heavy atom. The molecule has 186 valence electrons. The van der Waals surface area contributed by atoms with Gasteiger partial charge in [-0.1, -0.05) is 18.8 Å². The number of rotatable bonds is 3. The summed E-state index contributed by atoms with van der Waals surface area (Å²) in [5.74, 6) is 6.65. The number of anilines is 1. The van der Waals surface area contributed by atoms with Crippen LogP contribution in [0, 0.1) is 17.8 Å². The number of amides is 4. The summed E-state index contributed by atoms with van der Waals surface area (Å²) < 4.78 is 13.2. The maximum absolute atomic E-state index is 12.3. The Balaban J connectivity index is 1.31. The van der Waals surface area contributed by atoms with Crippen molar-refractivity contribution in [1.82, 2.24) is 19.6 Å². The second kappa shape index (κ2) is 9.96. The molecular weight excluding hydrogens is 450 g/mol. The Morgan fingerprint density at radius 3 is 2.80 bits per heavy atom. The van der Waals surface area contributed by atoms with Crippen molar-refractivity contribution >= 4 is 29.5 Å². The average Bonchev–Trinajstić information content (AvgIpc) is 3.19. The number of likely N-dealkylation sites (tertiary alicyclic amines) is 1. The van der Waals surface area contributed by atoms with Gasteiger partial charge in [0.2, 0.25) is 5.91 Å². The second-order valence-corrected chi connectivity index (χ2v) is 9.86. The Morgan fingerprint density at radius 2 is 2.09 bits per heavy atom. The van der Waals surface area contributed by atoms with Crippen LogP contribution in [-0.2, 0) is 14.3 Å². The van der Waals surface area contributed by atoms with Gasteiger partial charge in [0.1, 0.15) is 23.7 Å². The molecule has 0 unspecified atom stereocenters. The molecule has 1 N–H and O–H groups in total. The number of aromatic nitrogens is 2. The molecule has 10 heteroatoms. The fraction of sp³-hybridized carbons (Fsp3) is 0.520. The van der Waals surface area contributed by atoms with E-state index in [2.05, 4.69) is 29.1 Å². The molecule has 0 bridgehead atoms. The standard InChI is InChI=1S/C25H31N5O5/c1-17-16-28(24(33)35-25(2,3)4)10-8-19(17)34-13-5-6-18-7-11-29-20(14-18)26-15-22(29)30-12-9-21(31)27-23(30)32/h7,11,14-15,17,19H,8-10,12-13,16H2,1-4H3,(H,27,31,32)/t17-,19-/m0/s1. The predicted molar refractivity (Wildman–Crippen MR) is 129 cm³/mol. The zero-order valence-electron chi connectivity index (χ0n) is 20.5. The Hall–Kier alpha value is -3.58. The number of nitrogens with one attached hydrogen (secondary N) is 1. The van der Waals surface area contributed by atoms with E-state index in [1.165, 1.54) is 4.90 Å². The number of carbonyl (C=O) groups excluding carboxylic acids is 3. The summed E-state index contributed by atoms with van der Waals surface area (Å²) >= 11 is 0. The number of carbonyl (C=O) groups is 3. The molecule has 4 amide bonds. The van der Waals surface area contributed by atoms with Crippen LogP contribution in [0.1, 0.15) is 46.1 Å². The number of urea groups is 1. The number of imide groups is 1. The van der Waals surface area contributed by atoms with Crippen LogP contribution in [0.3, 0.4) is 0 Å². The monoisotopic (exact) mass is 481 g/mol. The summed E-state index contributed by atoms with van der Waals surface area (Å²) in [6, 6.07) is 3.24. The number of nitrogens with zero attached hydrogens (tertiary/aromatic N) is 4. The van der Waals surface area contributed by atoms with Crippen LogP contribution in [0.4, 0.5) is 15.4 Å². The van der Waals surface area contributed by atoms with Crippen molar-refractivity contribution < 1.29 is 23.9 Å². The van der Waals surface area contributed by atoms with E-state index in [1.807, 2.05) is 32.9 Å². The molecule has 2 saturated heterocycles. The van der Waals surface area contributed by atoms with Crippen LogP contribution in [0.15, 0.2) is 24.5 Å². The fourth-order valence-electron chi connectivity index (χ4n) is 4.18. The van der Waals surface area contributed by atoms with Crippen LogP contribution in [-0.4, -0.2) is 70.3 Å². The third kappa shape index (κ3) is 5.92. The number of hydrogen-bond acceptors (Lipinski definition) is 6. The molecule has 0 aromatic carbocycles. The largest absolute Gasteiger partial charge is 0.444 e. The lowest BCUT2D eigenvalue weighted by molar-refractivity contribution is -0.120. The van der Waals surface area contributed by atoms with Crippen molar-refractivity contribution in [2.24, 2.45) is 5.92 Å². The van der Waals surface area contributed by atoms with E-state index in [9.17, 15) is 14.4 Å². The van der Waals surface area contributed by atoms with E-state index in [0.29, 0.717) is 31.1 Å². The van der Waals surface area contributed by atoms with Crippen molar-refractivity contribution in [1.29, 1.82) is 0 Å². The highest BCUT2D eigenvalue weighted by atomic mass is 16.6. The van der Waals surface area contributed by atoms with E-state index < -0.39 is 11.6 Å². The summed E-state index contributed by atoms with van der Waals surface area (Å²) in [4.78, 5) is 43.4. The van der Waals surface area contributed by atoms with Crippen LogP contribution in [0.2, 0.25) is 0 Å². The molecule has 2 aromatic rings. The minimum Gasteiger partial charge on any atom is -0.444 e. The normalized spacial score (nSPS) is 20.9. The summed E-state index contributed by atoms with van der Waals surface area (Å²) in [5.41, 5.74) is 0.928. The molecule has 2 fully saturated rings. The number of hydrogen-bond donors (Lipinski definition) is 1. The molecule has 2 atom stereocenters. The molecule has 2 aliphatic rings. The topological polar surface area (TPSA) is 105 Å². The third-order valence-electron chi connectivity index (χ3n) is 5.90. The van der Waals surface area contributed by atoms with E-state index >= 15 is 0 Å². The van der Waals surface area contributed by atoms with Crippen LogP contribution < -0.4 is 10.2 Å². The van der Waals surface area contributed by atoms with Gasteiger partial charge in [-0.2, -0.15) is 0 Å². The zero-order chi connectivity index (χ0) is 25.2. The summed E-state index contributed by atoms with van der Waals surface area (Å²) in [5, 5.41) is 2.32. The number of fused-ring (bicyclic) bond motifs is 1. The van der Waals surface area contributed by atoms with E-state index in [0.717, 1.165) is 12.0 Å². The summed E-state index contributed by atoms with van der Waals surface area (Å²) in [6.07, 6.45) is 4.15. The van der Waals surface area contributed by atoms with Gasteiger partial charge in [0.25, 0.3) is 0 Å². The molecule has 4 heterocycles. The van der Waals surface area contributed by atoms with Gasteiger partial charge in [-0.15, -0.1) is 0 Å². The molecule has 0 spiro atoms. The second-order valence-electron chi connectivity index (χ2n) is 9.86. The lowest BCUT2D eigenvalue weighted by atomic mass is 9.97. The average molecular weight is 482 g/mol. The first-order valence-corrected chi connectivity index (χ1v) is 11.8. The lowest BCUT2D eigenvalue weighted by Gasteiger charge is -2.37. The smallest absolute Gasteiger partial charge is 0.410 e. The minimum absolute atomic E-state index is 0.0305. The van der Waals surface area contributed by atoms with Gasteiger partial charge in [-0.05, 0) is 39.3 Å². The Labute approximate surface area is 204 Å². The Kier molecular flexibility index (Phi) is 6.98. The first kappa shape index (κ1) is 24.5. The number of ether oxygens (including phenoxy) is 2. The van der Waals surface area contributed by atoms with E-state index in [1.54, 1.807) is 21.7 Å². The zero-order valence-corrected chi connectivity index (χ0v) is 20.5. The van der Waals surface area contributed by atoms with Gasteiger partial charge in [0.15, 0.2) is 0 Å². The van der Waals surface area contributed by atoms with Crippen molar-refractivity contribution in [3.63, 3.8) is 0 Å². The maximum atomic E-state index is 12.3. The van der Waals surface area contributed by atoms with Gasteiger partial charge in [0, 0.05) is 43.7 Å². The quantitative estimate of drug-likeness (QED) is 0.676. The van der Waals surface area contributed by atoms with E-state index in [4.69, 9.17) is 9.47 Å². The van der Waals surface area contributed by atoms with Crippen LogP contribution in [0.5, 0.6) is 0 Å². The third-order valence-corrected chi connectivity index (χ3v) is 5.90. The van der Waals surface area contributed by atoms with Crippen LogP contribution >= 0.6 is 0 Å². The molecule has 2 aliphatic heterocycles. The SMILES string of the molecule is C[C@H]1CN(C(=O)OC(C)(C)C)CC[C@@H]1OCC#Cc1ccn2c(N3CCC(=O)NC3=O)cnc2c1. The molecule has 0 saturated carbocycles. The summed E-state index contributed by atoms with van der Waals surface area (Å²) in [6.45, 7) is 9.44. The van der Waals surface area contributed by atoms with Crippen molar-refractivity contribution in [2.45, 2.75) is 52.2 Å². The minimum atomic E-state index is -0.507. The lowest BCUT2D eigenvalue weighted by Crippen LogP contribution is -2.50. The molecule has 10 nitrogen and oxygen atoms in total. The predicted octanol–water partition coefficient (Wildman–Crippen LogP) is 2.79. The van der Waals surface area contributed by atoms with Gasteiger partial charge in [-0.3, -0.25) is 19.4 Å². The van der Waals surface area contributed by atoms with Crippen LogP contribution in [0.25, 0.3) is 5.65 Å². The summed E-state index contributed by atoms with van der Waals surface area (Å²) in [7, 11) is 0. The fourth-order valence-corrected chi connectivity index (χ4v) is 4.18. The van der Waals surface area contributed by atoms with Gasteiger partial charge in [0.05, 0.1) is 12.3 Å². The Bertz CT molecular complexity index is 1190.